The lowest BCUT2D eigenvalue weighted by Crippen LogP contribution is -2.53. The Hall–Kier alpha value is -2.97. The monoisotopic (exact) mass is 425 g/mol. The van der Waals surface area contributed by atoms with Gasteiger partial charge in [-0.05, 0) is 51.4 Å². The number of ether oxygens (including phenoxy) is 1. The highest BCUT2D eigenvalue weighted by Crippen LogP contribution is 2.47. The standard InChI is InChI=1S/C23H27N3O5/c1-23(2)22(28)21(25-10-6-7-11-25)16-13-17(18(26(29)30)14-19(16)31-23)24-20(27)12-15-8-4-3-5-9-15/h3-5,8-9,13-14,21-22,28H,6-7,10-12H2,1-2H3,(H,24,27). The predicted octanol–water partition coefficient (Wildman–Crippen LogP) is 3.44. The van der Waals surface area contributed by atoms with Crippen LogP contribution in [0.1, 0.15) is 43.9 Å². The van der Waals surface area contributed by atoms with Gasteiger partial charge in [0.25, 0.3) is 5.69 Å². The molecule has 1 fully saturated rings. The SMILES string of the molecule is CC1(C)Oc2cc([N+](=O)[O-])c(NC(=O)Cc3ccccc3)cc2C(N2CCCC2)C1O. The van der Waals surface area contributed by atoms with Gasteiger partial charge >= 0.3 is 0 Å². The minimum atomic E-state index is -0.897. The molecular formula is C23H27N3O5. The average Bonchev–Trinajstić information content (AvgIpc) is 3.23. The van der Waals surface area contributed by atoms with Crippen LogP contribution in [0.2, 0.25) is 0 Å². The van der Waals surface area contributed by atoms with Gasteiger partial charge in [-0.15, -0.1) is 0 Å². The number of amides is 1. The topological polar surface area (TPSA) is 105 Å². The first-order valence-corrected chi connectivity index (χ1v) is 10.5. The molecule has 0 bridgehead atoms. The van der Waals surface area contributed by atoms with Gasteiger partial charge in [0.15, 0.2) is 0 Å². The van der Waals surface area contributed by atoms with E-state index in [1.54, 1.807) is 19.9 Å². The average molecular weight is 425 g/mol. The summed E-state index contributed by atoms with van der Waals surface area (Å²) in [6, 6.07) is 11.8. The molecule has 2 aliphatic heterocycles. The third-order valence-corrected chi connectivity index (χ3v) is 6.04. The number of nitro benzene ring substituents is 1. The van der Waals surface area contributed by atoms with E-state index in [2.05, 4.69) is 10.2 Å². The number of hydrogen-bond donors (Lipinski definition) is 2. The van der Waals surface area contributed by atoms with E-state index in [-0.39, 0.29) is 29.7 Å². The van der Waals surface area contributed by atoms with Crippen molar-refractivity contribution in [2.75, 3.05) is 18.4 Å². The zero-order valence-electron chi connectivity index (χ0n) is 17.7. The number of anilines is 1. The van der Waals surface area contributed by atoms with Gasteiger partial charge in [-0.3, -0.25) is 19.8 Å². The highest BCUT2D eigenvalue weighted by molar-refractivity contribution is 5.94. The Bertz CT molecular complexity index is 986. The van der Waals surface area contributed by atoms with Crippen LogP contribution in [0.15, 0.2) is 42.5 Å². The smallest absolute Gasteiger partial charge is 0.296 e. The zero-order chi connectivity index (χ0) is 22.2. The van der Waals surface area contributed by atoms with Crippen LogP contribution in [0.4, 0.5) is 11.4 Å². The first-order chi connectivity index (χ1) is 14.8. The second-order valence-electron chi connectivity index (χ2n) is 8.71. The molecule has 2 aromatic rings. The Balaban J connectivity index is 1.71. The lowest BCUT2D eigenvalue weighted by molar-refractivity contribution is -0.384. The number of hydrogen-bond acceptors (Lipinski definition) is 6. The van der Waals surface area contributed by atoms with Crippen molar-refractivity contribution in [1.82, 2.24) is 4.90 Å². The Morgan fingerprint density at radius 2 is 1.94 bits per heavy atom. The highest BCUT2D eigenvalue weighted by Gasteiger charge is 2.46. The molecule has 31 heavy (non-hydrogen) atoms. The predicted molar refractivity (Wildman–Crippen MR) is 116 cm³/mol. The number of aliphatic hydroxyl groups is 1. The summed E-state index contributed by atoms with van der Waals surface area (Å²) in [4.78, 5) is 26.0. The van der Waals surface area contributed by atoms with E-state index < -0.39 is 16.6 Å². The van der Waals surface area contributed by atoms with E-state index >= 15 is 0 Å². The second kappa shape index (κ2) is 8.28. The number of benzene rings is 2. The maximum atomic E-state index is 12.6. The quantitative estimate of drug-likeness (QED) is 0.562. The van der Waals surface area contributed by atoms with Gasteiger partial charge < -0.3 is 15.2 Å². The first kappa shape index (κ1) is 21.3. The Kier molecular flexibility index (Phi) is 5.68. The maximum absolute atomic E-state index is 12.6. The van der Waals surface area contributed by atoms with Gasteiger partial charge in [0.1, 0.15) is 23.1 Å². The molecule has 2 aliphatic rings. The normalized spacial score (nSPS) is 22.4. The lowest BCUT2D eigenvalue weighted by Gasteiger charge is -2.45. The summed E-state index contributed by atoms with van der Waals surface area (Å²) in [6.07, 6.45) is 1.37. The van der Waals surface area contributed by atoms with E-state index in [0.29, 0.717) is 11.3 Å². The fourth-order valence-corrected chi connectivity index (χ4v) is 4.44. The molecular weight excluding hydrogens is 398 g/mol. The molecule has 0 aromatic heterocycles. The van der Waals surface area contributed by atoms with E-state index in [1.165, 1.54) is 6.07 Å². The molecule has 0 spiro atoms. The molecule has 1 saturated heterocycles. The molecule has 2 atom stereocenters. The summed E-state index contributed by atoms with van der Waals surface area (Å²) in [6.45, 7) is 5.24. The van der Waals surface area contributed by atoms with Crippen molar-refractivity contribution in [1.29, 1.82) is 0 Å². The van der Waals surface area contributed by atoms with Gasteiger partial charge in [-0.25, -0.2) is 0 Å². The second-order valence-corrected chi connectivity index (χ2v) is 8.71. The largest absolute Gasteiger partial charge is 0.484 e. The van der Waals surface area contributed by atoms with Gasteiger partial charge in [0, 0.05) is 5.56 Å². The fourth-order valence-electron chi connectivity index (χ4n) is 4.44. The third-order valence-electron chi connectivity index (χ3n) is 6.04. The number of rotatable bonds is 5. The summed E-state index contributed by atoms with van der Waals surface area (Å²) >= 11 is 0. The van der Waals surface area contributed by atoms with Gasteiger partial charge in [0.05, 0.1) is 23.5 Å². The number of nitro groups is 1. The van der Waals surface area contributed by atoms with Gasteiger partial charge in [-0.2, -0.15) is 0 Å². The van der Waals surface area contributed by atoms with Crippen molar-refractivity contribution in [3.63, 3.8) is 0 Å². The summed E-state index contributed by atoms with van der Waals surface area (Å²) in [5, 5.41) is 25.5. The molecule has 2 unspecified atom stereocenters. The molecule has 4 rings (SSSR count). The van der Waals surface area contributed by atoms with E-state index in [0.717, 1.165) is 31.5 Å². The summed E-state index contributed by atoms with van der Waals surface area (Å²) < 4.78 is 5.97. The van der Waals surface area contributed by atoms with Crippen molar-refractivity contribution in [2.45, 2.75) is 50.9 Å². The van der Waals surface area contributed by atoms with Crippen LogP contribution in [0, 0.1) is 10.1 Å². The number of nitrogens with zero attached hydrogens (tertiary/aromatic N) is 2. The van der Waals surface area contributed by atoms with Crippen molar-refractivity contribution >= 4 is 17.3 Å². The van der Waals surface area contributed by atoms with E-state index in [4.69, 9.17) is 4.74 Å². The number of carbonyl (C=O) groups excluding carboxylic acids is 1. The van der Waals surface area contributed by atoms with Crippen LogP contribution in [0.5, 0.6) is 5.75 Å². The van der Waals surface area contributed by atoms with Crippen LogP contribution >= 0.6 is 0 Å². The first-order valence-electron chi connectivity index (χ1n) is 10.5. The Morgan fingerprint density at radius 1 is 1.26 bits per heavy atom. The number of likely N-dealkylation sites (tertiary alicyclic amines) is 1. The zero-order valence-corrected chi connectivity index (χ0v) is 17.7. The minimum Gasteiger partial charge on any atom is -0.484 e. The van der Waals surface area contributed by atoms with Gasteiger partial charge in [-0.1, -0.05) is 30.3 Å². The highest BCUT2D eigenvalue weighted by atomic mass is 16.6. The Morgan fingerprint density at radius 3 is 2.58 bits per heavy atom. The molecule has 1 amide bonds. The van der Waals surface area contributed by atoms with Crippen molar-refractivity contribution in [2.24, 2.45) is 0 Å². The summed E-state index contributed by atoms with van der Waals surface area (Å²) in [5.41, 5.74) is 0.467. The third kappa shape index (κ3) is 4.26. The fraction of sp³-hybridized carbons (Fsp3) is 0.435. The van der Waals surface area contributed by atoms with Crippen molar-refractivity contribution in [3.05, 3.63) is 63.7 Å². The van der Waals surface area contributed by atoms with Gasteiger partial charge in [0.2, 0.25) is 5.91 Å². The summed E-state index contributed by atoms with van der Waals surface area (Å²) in [7, 11) is 0. The van der Waals surface area contributed by atoms with Crippen molar-refractivity contribution in [3.8, 4) is 5.75 Å². The molecule has 8 heteroatoms. The maximum Gasteiger partial charge on any atom is 0.296 e. The molecule has 0 saturated carbocycles. The molecule has 2 aromatic carbocycles. The minimum absolute atomic E-state index is 0.108. The number of fused-ring (bicyclic) bond motifs is 1. The lowest BCUT2D eigenvalue weighted by atomic mass is 9.85. The van der Waals surface area contributed by atoms with Crippen LogP contribution in [0.3, 0.4) is 0 Å². The molecule has 2 N–H and O–H groups in total. The molecule has 0 aliphatic carbocycles. The number of aliphatic hydroxyl groups excluding tert-OH is 1. The van der Waals surface area contributed by atoms with Crippen LogP contribution in [-0.2, 0) is 11.2 Å². The van der Waals surface area contributed by atoms with E-state index in [9.17, 15) is 20.0 Å². The molecule has 164 valence electrons. The molecule has 8 nitrogen and oxygen atoms in total. The van der Waals surface area contributed by atoms with Crippen molar-refractivity contribution < 1.29 is 19.6 Å². The Labute approximate surface area is 181 Å². The summed E-state index contributed by atoms with van der Waals surface area (Å²) in [5.74, 6) is 0.0320. The number of carbonyl (C=O) groups is 1. The van der Waals surface area contributed by atoms with Crippen LogP contribution in [0.25, 0.3) is 0 Å². The van der Waals surface area contributed by atoms with Crippen LogP contribution < -0.4 is 10.1 Å². The van der Waals surface area contributed by atoms with E-state index in [1.807, 2.05) is 30.3 Å². The van der Waals surface area contributed by atoms with Crippen LogP contribution in [-0.4, -0.2) is 45.6 Å². The molecule has 2 heterocycles. The number of nitrogens with one attached hydrogen (secondary N) is 1. The molecule has 0 radical (unpaired) electrons.